The van der Waals surface area contributed by atoms with Gasteiger partial charge >= 0.3 is 0 Å². The topological polar surface area (TPSA) is 13.0 Å². The van der Waals surface area contributed by atoms with Crippen LogP contribution < -0.4 is 19.6 Å². The highest BCUT2D eigenvalue weighted by Gasteiger charge is 2.52. The number of hydrogen-bond acceptors (Lipinski definition) is 5. The number of fused-ring (bicyclic) bond motifs is 19. The molecule has 494 valence electrons. The van der Waals surface area contributed by atoms with E-state index in [1.165, 1.54) is 153 Å². The molecule has 0 atom stereocenters. The number of nitrogens with zero attached hydrogens (tertiary/aromatic N) is 4. The standard InChI is InChI=1S/C57H36N2.C44H28N2S/c1-2-14-39-35-42(28-27-37(39)13-1)58(40-29-31-41(32-30-40)59-54-25-10-6-20-48(54)49-21-11-15-38-16-12-26-55(59)56(38)49)43-33-34-47-46-19-5-9-24-52(46)57(53(47)36-43)50-22-7-3-17-44(50)45-18-4-8-23-51(45)57;1-2-10-31-27-34(20-19-29(31)9-1)45(35-25-26-43-39(28-35)37-14-4-6-18-42(37)47-43)32-21-23-33(24-22-32)46-40-16-5-3-13-36(40)38-15-7-11-30-12-8-17-41(46)44(30)38/h1-36H;1-28H. The fourth-order valence-electron chi connectivity index (χ4n) is 18.2. The van der Waals surface area contributed by atoms with E-state index in [1.807, 2.05) is 11.3 Å². The van der Waals surface area contributed by atoms with Crippen LogP contribution >= 0.6 is 11.3 Å². The molecule has 106 heavy (non-hydrogen) atoms. The number of rotatable bonds is 8. The molecule has 1 spiro atoms. The summed E-state index contributed by atoms with van der Waals surface area (Å²) in [6.07, 6.45) is 0. The third kappa shape index (κ3) is 9.06. The molecule has 3 heterocycles. The summed E-state index contributed by atoms with van der Waals surface area (Å²) in [6, 6.07) is 143. The SMILES string of the molecule is c1ccc2c(c1)-c1cccc3cccc(c13)N2c1ccc(N(c2ccc3c(c2)C2(c4ccccc4-c4ccccc42)c2ccccc2-3)c2ccc3ccccc3c2)cc1.c1ccc2c(c1)-c1cccc3cccc(c13)N2c1ccc(N(c2ccc3ccccc3c2)c2ccc3sc4ccccc4c3c2)cc1. The van der Waals surface area contributed by atoms with E-state index in [0.717, 1.165) is 45.5 Å². The first-order chi connectivity index (χ1) is 52.6. The van der Waals surface area contributed by atoms with Gasteiger partial charge in [-0.3, -0.25) is 0 Å². The molecule has 5 heteroatoms. The predicted octanol–water partition coefficient (Wildman–Crippen LogP) is 28.5. The summed E-state index contributed by atoms with van der Waals surface area (Å²) in [7, 11) is 0. The van der Waals surface area contributed by atoms with Crippen molar-refractivity contribution in [3.05, 3.63) is 411 Å². The third-order valence-electron chi connectivity index (χ3n) is 22.7. The summed E-state index contributed by atoms with van der Waals surface area (Å²) in [6.45, 7) is 0. The van der Waals surface area contributed by atoms with E-state index in [9.17, 15) is 0 Å². The molecule has 0 bridgehead atoms. The Labute approximate surface area is 618 Å². The fraction of sp³-hybridized carbons (Fsp3) is 0.00990. The molecule has 4 aliphatic rings. The summed E-state index contributed by atoms with van der Waals surface area (Å²) in [5.41, 5.74) is 29.1. The molecule has 4 nitrogen and oxygen atoms in total. The van der Waals surface area contributed by atoms with Crippen molar-refractivity contribution in [2.24, 2.45) is 0 Å². The van der Waals surface area contributed by atoms with Gasteiger partial charge in [-0.1, -0.05) is 255 Å². The molecule has 0 amide bonds. The van der Waals surface area contributed by atoms with E-state index < -0.39 is 5.41 Å². The average molecular weight is 1370 g/mol. The van der Waals surface area contributed by atoms with Crippen LogP contribution in [0.3, 0.4) is 0 Å². The lowest BCUT2D eigenvalue weighted by Crippen LogP contribution is -2.26. The summed E-state index contributed by atoms with van der Waals surface area (Å²) in [5.74, 6) is 0. The Morgan fingerprint density at radius 2 is 0.557 bits per heavy atom. The highest BCUT2D eigenvalue weighted by molar-refractivity contribution is 7.25. The maximum Gasteiger partial charge on any atom is 0.0726 e. The van der Waals surface area contributed by atoms with E-state index in [4.69, 9.17) is 0 Å². The molecule has 0 unspecified atom stereocenters. The second-order valence-electron chi connectivity index (χ2n) is 28.2. The Morgan fingerprint density at radius 3 is 1.08 bits per heavy atom. The van der Waals surface area contributed by atoms with Gasteiger partial charge in [0.25, 0.3) is 0 Å². The second kappa shape index (κ2) is 23.7. The van der Waals surface area contributed by atoms with Gasteiger partial charge in [-0.15, -0.1) is 11.3 Å². The van der Waals surface area contributed by atoms with Gasteiger partial charge in [0, 0.05) is 87.6 Å². The van der Waals surface area contributed by atoms with Crippen molar-refractivity contribution in [1.29, 1.82) is 0 Å². The minimum Gasteiger partial charge on any atom is -0.310 e. The monoisotopic (exact) mass is 1360 g/mol. The van der Waals surface area contributed by atoms with Crippen molar-refractivity contribution in [1.82, 2.24) is 0 Å². The molecule has 2 aliphatic carbocycles. The van der Waals surface area contributed by atoms with E-state index in [2.05, 4.69) is 408 Å². The lowest BCUT2D eigenvalue weighted by Gasteiger charge is -2.34. The summed E-state index contributed by atoms with van der Waals surface area (Å²) in [4.78, 5) is 9.68. The molecule has 18 aromatic carbocycles. The number of benzene rings is 18. The Balaban J connectivity index is 0.000000136. The molecule has 0 fully saturated rings. The van der Waals surface area contributed by atoms with Crippen LogP contribution in [-0.2, 0) is 5.41 Å². The van der Waals surface area contributed by atoms with Crippen LogP contribution in [0.1, 0.15) is 22.3 Å². The van der Waals surface area contributed by atoms with Gasteiger partial charge in [0.1, 0.15) is 0 Å². The van der Waals surface area contributed by atoms with Crippen LogP contribution in [0, 0.1) is 0 Å². The molecule has 23 rings (SSSR count). The molecule has 0 N–H and O–H groups in total. The molecule has 19 aromatic rings. The predicted molar refractivity (Wildman–Crippen MR) is 449 cm³/mol. The van der Waals surface area contributed by atoms with Crippen molar-refractivity contribution >= 4 is 143 Å². The van der Waals surface area contributed by atoms with Crippen molar-refractivity contribution in [3.63, 3.8) is 0 Å². The van der Waals surface area contributed by atoms with Crippen molar-refractivity contribution in [2.45, 2.75) is 5.41 Å². The Bertz CT molecular complexity index is 6750. The first kappa shape index (κ1) is 60.0. The van der Waals surface area contributed by atoms with Crippen LogP contribution in [0.2, 0.25) is 0 Å². The molecule has 2 aliphatic heterocycles. The molecule has 0 radical (unpaired) electrons. The molecule has 0 saturated carbocycles. The zero-order valence-corrected chi connectivity index (χ0v) is 58.5. The van der Waals surface area contributed by atoms with Crippen LogP contribution in [-0.4, -0.2) is 0 Å². The second-order valence-corrected chi connectivity index (χ2v) is 29.3. The van der Waals surface area contributed by atoms with Gasteiger partial charge in [0.15, 0.2) is 0 Å². The summed E-state index contributed by atoms with van der Waals surface area (Å²) < 4.78 is 2.63. The zero-order chi connectivity index (χ0) is 69.6. The van der Waals surface area contributed by atoms with Crippen LogP contribution in [0.25, 0.3) is 108 Å². The lowest BCUT2D eigenvalue weighted by atomic mass is 9.70. The number of thiophene rings is 1. The minimum absolute atomic E-state index is 0.424. The maximum absolute atomic E-state index is 2.48. The highest BCUT2D eigenvalue weighted by atomic mass is 32.1. The largest absolute Gasteiger partial charge is 0.310 e. The van der Waals surface area contributed by atoms with Crippen LogP contribution in [0.5, 0.6) is 0 Å². The van der Waals surface area contributed by atoms with Crippen LogP contribution in [0.4, 0.5) is 68.2 Å². The van der Waals surface area contributed by atoms with Crippen molar-refractivity contribution < 1.29 is 0 Å². The van der Waals surface area contributed by atoms with Gasteiger partial charge in [0.05, 0.1) is 28.2 Å². The first-order valence-electron chi connectivity index (χ1n) is 36.5. The van der Waals surface area contributed by atoms with Gasteiger partial charge in [-0.25, -0.2) is 0 Å². The zero-order valence-electron chi connectivity index (χ0n) is 57.6. The average Bonchev–Trinajstić information content (AvgIpc) is 1.50. The van der Waals surface area contributed by atoms with E-state index in [0.29, 0.717) is 0 Å². The smallest absolute Gasteiger partial charge is 0.0726 e. The van der Waals surface area contributed by atoms with E-state index in [1.54, 1.807) is 0 Å². The summed E-state index contributed by atoms with van der Waals surface area (Å²) >= 11 is 1.86. The number of para-hydroxylation sites is 2. The van der Waals surface area contributed by atoms with Gasteiger partial charge in [-0.05, 0) is 221 Å². The summed E-state index contributed by atoms with van der Waals surface area (Å²) in [5, 5.41) is 12.6. The van der Waals surface area contributed by atoms with E-state index >= 15 is 0 Å². The number of hydrogen-bond donors (Lipinski definition) is 0. The van der Waals surface area contributed by atoms with Gasteiger partial charge in [-0.2, -0.15) is 0 Å². The van der Waals surface area contributed by atoms with Crippen LogP contribution in [0.15, 0.2) is 388 Å². The van der Waals surface area contributed by atoms with E-state index in [-0.39, 0.29) is 0 Å². The Kier molecular flexibility index (Phi) is 13.5. The molecular formula is C101H64N4S. The fourth-order valence-corrected chi connectivity index (χ4v) is 19.3. The molecule has 1 aromatic heterocycles. The van der Waals surface area contributed by atoms with Crippen molar-refractivity contribution in [2.75, 3.05) is 19.6 Å². The normalized spacial score (nSPS) is 12.9. The third-order valence-corrected chi connectivity index (χ3v) is 23.8. The van der Waals surface area contributed by atoms with Crippen molar-refractivity contribution in [3.8, 4) is 44.5 Å². The molecular weight excluding hydrogens is 1300 g/mol. The minimum atomic E-state index is -0.424. The number of anilines is 12. The Hall–Kier alpha value is -13.6. The highest BCUT2D eigenvalue weighted by Crippen LogP contribution is 2.64. The van der Waals surface area contributed by atoms with Gasteiger partial charge < -0.3 is 19.6 Å². The first-order valence-corrected chi connectivity index (χ1v) is 37.3. The molecule has 0 saturated heterocycles. The quantitative estimate of drug-likeness (QED) is 0.150. The maximum atomic E-state index is 2.48. The van der Waals surface area contributed by atoms with Gasteiger partial charge in [0.2, 0.25) is 0 Å². The Morgan fingerprint density at radius 1 is 0.208 bits per heavy atom. The lowest BCUT2D eigenvalue weighted by molar-refractivity contribution is 0.793.